The molecule has 3 rings (SSSR count). The summed E-state index contributed by atoms with van der Waals surface area (Å²) in [7, 11) is 0. The molecule has 1 unspecified atom stereocenters. The number of carbonyl (C=O) groups excluding carboxylic acids is 1. The average molecular weight is 460 g/mol. The molecule has 33 heavy (non-hydrogen) atoms. The summed E-state index contributed by atoms with van der Waals surface area (Å²) in [5.41, 5.74) is 8.68. The maximum absolute atomic E-state index is 12.7. The third kappa shape index (κ3) is 6.03. The molecule has 12 nitrogen and oxygen atoms in total. The summed E-state index contributed by atoms with van der Waals surface area (Å²) in [5, 5.41) is 18.1. The van der Waals surface area contributed by atoms with Gasteiger partial charge in [-0.05, 0) is 12.1 Å². The lowest BCUT2D eigenvalue weighted by atomic mass is 10.1. The van der Waals surface area contributed by atoms with E-state index in [9.17, 15) is 14.0 Å². The van der Waals surface area contributed by atoms with Crippen LogP contribution in [0.4, 0.5) is 15.0 Å². The summed E-state index contributed by atoms with van der Waals surface area (Å²) in [4.78, 5) is 38.3. The first kappa shape index (κ1) is 23.6. The molecule has 1 fully saturated rings. The van der Waals surface area contributed by atoms with Gasteiger partial charge in [-0.2, -0.15) is 10.2 Å². The lowest BCUT2D eigenvalue weighted by Gasteiger charge is -2.30. The first-order valence-electron chi connectivity index (χ1n) is 9.81. The third-order valence-electron chi connectivity index (χ3n) is 4.54. The Labute approximate surface area is 187 Å². The quantitative estimate of drug-likeness (QED) is 0.482. The standard InChI is InChI=1S/C20H21FN6O6/c21-4-6-32-19-15(16(23)24-17(25-19)13-3-1-2-12(8-13)9-22)18(28)26-33-11-14-10-27(20(29)30)5-7-31-14/h1-3,8,14H,4-7,10-11H2,(H,26,28)(H,29,30)(H2,23,24,25). The van der Waals surface area contributed by atoms with Gasteiger partial charge in [0.15, 0.2) is 5.82 Å². The van der Waals surface area contributed by atoms with Crippen LogP contribution in [-0.4, -0.2) is 77.7 Å². The van der Waals surface area contributed by atoms with E-state index in [1.807, 2.05) is 6.07 Å². The molecular weight excluding hydrogens is 439 g/mol. The summed E-state index contributed by atoms with van der Waals surface area (Å²) < 4.78 is 23.4. The van der Waals surface area contributed by atoms with Crippen LogP contribution < -0.4 is 16.0 Å². The molecule has 1 aromatic heterocycles. The number of nitriles is 1. The number of morpholine rings is 1. The van der Waals surface area contributed by atoms with Gasteiger partial charge in [-0.25, -0.2) is 19.6 Å². The molecule has 0 spiro atoms. The molecule has 0 saturated carbocycles. The lowest BCUT2D eigenvalue weighted by molar-refractivity contribution is -0.0789. The Balaban J connectivity index is 1.74. The number of hydroxylamine groups is 1. The number of hydrogen-bond donors (Lipinski definition) is 3. The van der Waals surface area contributed by atoms with Crippen LogP contribution in [0.2, 0.25) is 0 Å². The van der Waals surface area contributed by atoms with Crippen molar-refractivity contribution in [3.63, 3.8) is 0 Å². The van der Waals surface area contributed by atoms with Gasteiger partial charge in [0.2, 0.25) is 5.88 Å². The number of aromatic nitrogens is 2. The number of rotatable bonds is 8. The van der Waals surface area contributed by atoms with Crippen LogP contribution in [0.1, 0.15) is 15.9 Å². The van der Waals surface area contributed by atoms with E-state index in [1.165, 1.54) is 11.0 Å². The number of nitrogen functional groups attached to an aromatic ring is 1. The first-order chi connectivity index (χ1) is 15.9. The zero-order valence-electron chi connectivity index (χ0n) is 17.4. The smallest absolute Gasteiger partial charge is 0.407 e. The molecule has 2 aromatic rings. The van der Waals surface area contributed by atoms with E-state index in [1.54, 1.807) is 18.2 Å². The average Bonchev–Trinajstić information content (AvgIpc) is 2.82. The molecule has 174 valence electrons. The number of carbonyl (C=O) groups is 2. The van der Waals surface area contributed by atoms with Crippen LogP contribution in [-0.2, 0) is 9.57 Å². The predicted octanol–water partition coefficient (Wildman–Crippen LogP) is 0.986. The number of halogens is 1. The number of benzene rings is 1. The highest BCUT2D eigenvalue weighted by Gasteiger charge is 2.26. The first-order valence-corrected chi connectivity index (χ1v) is 9.81. The zero-order valence-corrected chi connectivity index (χ0v) is 17.4. The second-order valence-electron chi connectivity index (χ2n) is 6.81. The van der Waals surface area contributed by atoms with E-state index in [0.717, 1.165) is 0 Å². The van der Waals surface area contributed by atoms with Crippen LogP contribution in [0.25, 0.3) is 11.4 Å². The summed E-state index contributed by atoms with van der Waals surface area (Å²) in [6, 6.07) is 8.39. The Morgan fingerprint density at radius 2 is 2.24 bits per heavy atom. The van der Waals surface area contributed by atoms with Crippen molar-refractivity contribution in [1.29, 1.82) is 5.26 Å². The van der Waals surface area contributed by atoms with E-state index in [2.05, 4.69) is 15.4 Å². The highest BCUT2D eigenvalue weighted by Crippen LogP contribution is 2.26. The fourth-order valence-electron chi connectivity index (χ4n) is 3.01. The molecule has 2 amide bonds. The van der Waals surface area contributed by atoms with Gasteiger partial charge in [0, 0.05) is 12.1 Å². The number of hydrogen-bond acceptors (Lipinski definition) is 9. The van der Waals surface area contributed by atoms with Crippen molar-refractivity contribution in [3.8, 4) is 23.3 Å². The van der Waals surface area contributed by atoms with Gasteiger partial charge in [0.05, 0.1) is 24.8 Å². The molecule has 0 aliphatic carbocycles. The molecular formula is C20H21FN6O6. The fourth-order valence-corrected chi connectivity index (χ4v) is 3.01. The highest BCUT2D eigenvalue weighted by atomic mass is 19.1. The Kier molecular flexibility index (Phi) is 7.90. The number of nitrogens with two attached hydrogens (primary N) is 1. The number of nitrogens with zero attached hydrogens (tertiary/aromatic N) is 4. The molecule has 1 atom stereocenters. The van der Waals surface area contributed by atoms with Crippen molar-refractivity contribution >= 4 is 17.8 Å². The number of alkyl halides is 1. The largest absolute Gasteiger partial charge is 0.474 e. The van der Waals surface area contributed by atoms with Crippen molar-refractivity contribution in [3.05, 3.63) is 35.4 Å². The molecule has 0 bridgehead atoms. The van der Waals surface area contributed by atoms with Crippen molar-refractivity contribution < 1.29 is 33.4 Å². The zero-order chi connectivity index (χ0) is 23.8. The molecule has 13 heteroatoms. The molecule has 2 heterocycles. The second kappa shape index (κ2) is 11.0. The molecule has 1 saturated heterocycles. The van der Waals surface area contributed by atoms with E-state index < -0.39 is 24.8 Å². The summed E-state index contributed by atoms with van der Waals surface area (Å²) >= 11 is 0. The Morgan fingerprint density at radius 1 is 1.42 bits per heavy atom. The minimum atomic E-state index is -1.08. The minimum Gasteiger partial charge on any atom is -0.474 e. The van der Waals surface area contributed by atoms with E-state index in [-0.39, 0.29) is 56.0 Å². The van der Waals surface area contributed by atoms with Gasteiger partial charge < -0.3 is 25.2 Å². The Hall–Kier alpha value is -4.02. The maximum Gasteiger partial charge on any atom is 0.407 e. The van der Waals surface area contributed by atoms with Gasteiger partial charge >= 0.3 is 6.09 Å². The van der Waals surface area contributed by atoms with Crippen LogP contribution in [0.5, 0.6) is 5.88 Å². The Bertz CT molecular complexity index is 1060. The SMILES string of the molecule is N#Cc1cccc(-c2nc(N)c(C(=O)NOCC3CN(C(=O)O)CCO3)c(OCCF)n2)c1. The molecule has 0 radical (unpaired) electrons. The number of anilines is 1. The Morgan fingerprint density at radius 3 is 2.97 bits per heavy atom. The molecule has 4 N–H and O–H groups in total. The summed E-state index contributed by atoms with van der Waals surface area (Å²) in [5.74, 6) is -1.27. The summed E-state index contributed by atoms with van der Waals surface area (Å²) in [6.07, 6.45) is -1.66. The molecule has 1 aromatic carbocycles. The van der Waals surface area contributed by atoms with Crippen molar-refractivity contribution in [2.75, 3.05) is 45.3 Å². The highest BCUT2D eigenvalue weighted by molar-refractivity contribution is 6.00. The van der Waals surface area contributed by atoms with Crippen LogP contribution in [0, 0.1) is 11.3 Å². The second-order valence-corrected chi connectivity index (χ2v) is 6.81. The number of carboxylic acid groups (broad SMARTS) is 1. The van der Waals surface area contributed by atoms with Gasteiger partial charge in [0.25, 0.3) is 5.91 Å². The van der Waals surface area contributed by atoms with Gasteiger partial charge in [-0.15, -0.1) is 0 Å². The number of ether oxygens (including phenoxy) is 2. The fraction of sp³-hybridized carbons (Fsp3) is 0.350. The monoisotopic (exact) mass is 460 g/mol. The van der Waals surface area contributed by atoms with E-state index in [0.29, 0.717) is 11.1 Å². The van der Waals surface area contributed by atoms with Crippen molar-refractivity contribution in [2.24, 2.45) is 0 Å². The predicted molar refractivity (Wildman–Crippen MR) is 111 cm³/mol. The van der Waals surface area contributed by atoms with Gasteiger partial charge in [-0.1, -0.05) is 12.1 Å². The van der Waals surface area contributed by atoms with Crippen LogP contribution in [0.15, 0.2) is 24.3 Å². The normalized spacial score (nSPS) is 15.5. The van der Waals surface area contributed by atoms with Gasteiger partial charge in [-0.3, -0.25) is 9.63 Å². The number of amides is 2. The number of nitrogens with one attached hydrogen (secondary N) is 1. The third-order valence-corrected chi connectivity index (χ3v) is 4.54. The minimum absolute atomic E-state index is 0.0811. The van der Waals surface area contributed by atoms with Crippen LogP contribution in [0.3, 0.4) is 0 Å². The maximum atomic E-state index is 12.7. The van der Waals surface area contributed by atoms with E-state index in [4.69, 9.17) is 30.4 Å². The summed E-state index contributed by atoms with van der Waals surface area (Å²) in [6.45, 7) is -0.820. The van der Waals surface area contributed by atoms with Crippen LogP contribution >= 0.6 is 0 Å². The van der Waals surface area contributed by atoms with Gasteiger partial charge in [0.1, 0.15) is 37.4 Å². The lowest BCUT2D eigenvalue weighted by Crippen LogP contribution is -2.47. The molecule has 1 aliphatic rings. The van der Waals surface area contributed by atoms with E-state index >= 15 is 0 Å². The van der Waals surface area contributed by atoms with Crippen molar-refractivity contribution in [1.82, 2.24) is 20.3 Å². The molecule has 1 aliphatic heterocycles. The van der Waals surface area contributed by atoms with Crippen molar-refractivity contribution in [2.45, 2.75) is 6.10 Å². The topological polar surface area (TPSA) is 173 Å².